The fraction of sp³-hybridized carbons (Fsp3) is 0.476. The van der Waals surface area contributed by atoms with Crippen LogP contribution in [-0.4, -0.2) is 43.7 Å². The second-order valence-electron chi connectivity index (χ2n) is 8.24. The smallest absolute Gasteiger partial charge is 0.322 e. The van der Waals surface area contributed by atoms with E-state index in [1.165, 1.54) is 0 Å². The third kappa shape index (κ3) is 3.03. The van der Waals surface area contributed by atoms with Crippen LogP contribution < -0.4 is 5.32 Å². The summed E-state index contributed by atoms with van der Waals surface area (Å²) in [4.78, 5) is 22.9. The summed E-state index contributed by atoms with van der Waals surface area (Å²) in [6.45, 7) is 5.86. The summed E-state index contributed by atoms with van der Waals surface area (Å²) in [6.07, 6.45) is 4.31. The van der Waals surface area contributed by atoms with Gasteiger partial charge in [0.1, 0.15) is 0 Å². The molecular formula is C21H25FN4O2. The second-order valence-corrected chi connectivity index (χ2v) is 8.24. The van der Waals surface area contributed by atoms with E-state index in [0.717, 1.165) is 42.8 Å². The first-order chi connectivity index (χ1) is 13.3. The van der Waals surface area contributed by atoms with E-state index >= 15 is 0 Å². The highest BCUT2D eigenvalue weighted by atomic mass is 19.1. The summed E-state index contributed by atoms with van der Waals surface area (Å²) in [6, 6.07) is 5.48. The van der Waals surface area contributed by atoms with Crippen LogP contribution in [0.1, 0.15) is 38.7 Å². The zero-order valence-electron chi connectivity index (χ0n) is 16.3. The lowest BCUT2D eigenvalue weighted by molar-refractivity contribution is -0.146. The van der Waals surface area contributed by atoms with Crippen LogP contribution in [0.3, 0.4) is 0 Å². The van der Waals surface area contributed by atoms with Crippen molar-refractivity contribution in [2.45, 2.75) is 57.7 Å². The molecule has 6 nitrogen and oxygen atoms in total. The molecular weight excluding hydrogens is 359 g/mol. The third-order valence-corrected chi connectivity index (χ3v) is 6.16. The molecule has 2 N–H and O–H groups in total. The van der Waals surface area contributed by atoms with E-state index in [0.29, 0.717) is 17.4 Å². The Kier molecular flexibility index (Phi) is 4.57. The molecule has 0 spiro atoms. The summed E-state index contributed by atoms with van der Waals surface area (Å²) >= 11 is 0. The Morgan fingerprint density at radius 2 is 2.07 bits per heavy atom. The molecule has 148 valence electrons. The minimum atomic E-state index is -0.571. The molecule has 3 heterocycles. The van der Waals surface area contributed by atoms with Gasteiger partial charge in [-0.25, -0.2) is 19.2 Å². The normalized spacial score (nSPS) is 27.1. The Morgan fingerprint density at radius 3 is 2.75 bits per heavy atom. The number of hydrogen-bond donors (Lipinski definition) is 2. The number of piperidine rings is 1. The number of aliphatic hydroxyl groups excluding tert-OH is 1. The number of anilines is 1. The molecule has 0 radical (unpaired) electrons. The quantitative estimate of drug-likeness (QED) is 0.845. The average Bonchev–Trinajstić information content (AvgIpc) is 2.63. The predicted octanol–water partition coefficient (Wildman–Crippen LogP) is 3.75. The van der Waals surface area contributed by atoms with Gasteiger partial charge in [0, 0.05) is 17.3 Å². The molecule has 2 aliphatic heterocycles. The maximum Gasteiger partial charge on any atom is 0.322 e. The fourth-order valence-corrected chi connectivity index (χ4v) is 4.86. The Bertz CT molecular complexity index is 902. The van der Waals surface area contributed by atoms with E-state index in [1.807, 2.05) is 24.0 Å². The van der Waals surface area contributed by atoms with Crippen molar-refractivity contribution in [3.05, 3.63) is 42.0 Å². The molecule has 4 atom stereocenters. The van der Waals surface area contributed by atoms with Crippen LogP contribution in [0.5, 0.6) is 0 Å². The maximum atomic E-state index is 13.1. The molecule has 2 bridgehead atoms. The average molecular weight is 384 g/mol. The first-order valence-corrected chi connectivity index (χ1v) is 9.67. The number of carbonyl (C=O) groups is 1. The van der Waals surface area contributed by atoms with Gasteiger partial charge >= 0.3 is 6.03 Å². The minimum absolute atomic E-state index is 0.170. The first-order valence-electron chi connectivity index (χ1n) is 9.67. The summed E-state index contributed by atoms with van der Waals surface area (Å²) in [5.74, 6) is 0.414. The Morgan fingerprint density at radius 1 is 1.36 bits per heavy atom. The number of aryl methyl sites for hydroxylation is 1. The highest BCUT2D eigenvalue weighted by Gasteiger charge is 2.60. The van der Waals surface area contributed by atoms with Gasteiger partial charge in [0.15, 0.2) is 11.6 Å². The number of amides is 2. The van der Waals surface area contributed by atoms with Crippen LogP contribution in [0.25, 0.3) is 11.4 Å². The van der Waals surface area contributed by atoms with Crippen molar-refractivity contribution < 1.29 is 14.3 Å². The Labute approximate surface area is 163 Å². The largest absolute Gasteiger partial charge is 0.391 e. The van der Waals surface area contributed by atoms with Gasteiger partial charge in [-0.2, -0.15) is 0 Å². The molecule has 2 unspecified atom stereocenters. The number of aromatic nitrogens is 2. The Hall–Kier alpha value is -2.54. The monoisotopic (exact) mass is 384 g/mol. The van der Waals surface area contributed by atoms with Gasteiger partial charge in [-0.1, -0.05) is 13.0 Å². The number of nitrogens with zero attached hydrogens (tertiary/aromatic N) is 3. The van der Waals surface area contributed by atoms with Crippen LogP contribution in [0.4, 0.5) is 14.9 Å². The van der Waals surface area contributed by atoms with E-state index < -0.39 is 17.5 Å². The molecule has 4 rings (SSSR count). The molecule has 2 saturated heterocycles. The standard InChI is InChI=1S/C21H25FN4O2/c1-12-6-17-9-21(8-12,14(3)27)26(17)20(28)25-16-5-4-13(2)18(7-16)19-23-10-15(22)11-24-19/h4-5,7,10-12,14,17,27H,6,8-9H2,1-3H3,(H,25,28)/t12-,14+,17?,21?/m0/s1. The lowest BCUT2D eigenvalue weighted by Crippen LogP contribution is -2.76. The molecule has 2 aromatic rings. The number of benzene rings is 1. The number of carbonyl (C=O) groups excluding carboxylic acids is 1. The lowest BCUT2D eigenvalue weighted by atomic mass is 9.62. The number of halogens is 1. The number of fused-ring (bicyclic) bond motifs is 2. The van der Waals surface area contributed by atoms with Gasteiger partial charge in [-0.05, 0) is 56.7 Å². The molecule has 2 amide bonds. The van der Waals surface area contributed by atoms with Crippen molar-refractivity contribution in [2.24, 2.45) is 5.92 Å². The molecule has 0 saturated carbocycles. The highest BCUT2D eigenvalue weighted by Crippen LogP contribution is 2.51. The zero-order chi connectivity index (χ0) is 20.1. The second kappa shape index (κ2) is 6.81. The molecule has 2 aliphatic rings. The lowest BCUT2D eigenvalue weighted by Gasteiger charge is -2.64. The van der Waals surface area contributed by atoms with Gasteiger partial charge in [0.25, 0.3) is 0 Å². The molecule has 2 fully saturated rings. The van der Waals surface area contributed by atoms with Crippen molar-refractivity contribution in [1.29, 1.82) is 0 Å². The number of hydrogen-bond acceptors (Lipinski definition) is 4. The van der Waals surface area contributed by atoms with Crippen molar-refractivity contribution >= 4 is 11.7 Å². The number of rotatable bonds is 3. The summed E-state index contributed by atoms with van der Waals surface area (Å²) in [5.41, 5.74) is 1.82. The van der Waals surface area contributed by atoms with E-state index in [-0.39, 0.29) is 12.1 Å². The third-order valence-electron chi connectivity index (χ3n) is 6.16. The van der Waals surface area contributed by atoms with Gasteiger partial charge in [0.2, 0.25) is 0 Å². The van der Waals surface area contributed by atoms with Crippen LogP contribution in [0.2, 0.25) is 0 Å². The number of aliphatic hydroxyl groups is 1. The molecule has 1 aromatic heterocycles. The molecule has 28 heavy (non-hydrogen) atoms. The first kappa shape index (κ1) is 18.8. The summed E-state index contributed by atoms with van der Waals surface area (Å²) in [7, 11) is 0. The number of nitrogens with one attached hydrogen (secondary N) is 1. The SMILES string of the molecule is Cc1ccc(NC(=O)N2C3C[C@H](C)CC2([C@@H](C)O)C3)cc1-c1ncc(F)cn1. The van der Waals surface area contributed by atoms with Crippen molar-refractivity contribution in [3.63, 3.8) is 0 Å². The van der Waals surface area contributed by atoms with Crippen molar-refractivity contribution in [1.82, 2.24) is 14.9 Å². The van der Waals surface area contributed by atoms with Crippen molar-refractivity contribution in [3.8, 4) is 11.4 Å². The zero-order valence-corrected chi connectivity index (χ0v) is 16.3. The van der Waals surface area contributed by atoms with Crippen LogP contribution in [-0.2, 0) is 0 Å². The predicted molar refractivity (Wildman–Crippen MR) is 104 cm³/mol. The maximum absolute atomic E-state index is 13.1. The molecule has 0 aliphatic carbocycles. The van der Waals surface area contributed by atoms with Crippen LogP contribution in [0, 0.1) is 18.7 Å². The van der Waals surface area contributed by atoms with Gasteiger partial charge < -0.3 is 15.3 Å². The van der Waals surface area contributed by atoms with E-state index in [4.69, 9.17) is 0 Å². The van der Waals surface area contributed by atoms with Crippen molar-refractivity contribution in [2.75, 3.05) is 5.32 Å². The highest BCUT2D eigenvalue weighted by molar-refractivity contribution is 5.92. The van der Waals surface area contributed by atoms with Gasteiger partial charge in [0.05, 0.1) is 24.0 Å². The van der Waals surface area contributed by atoms with Gasteiger partial charge in [-0.15, -0.1) is 0 Å². The van der Waals surface area contributed by atoms with E-state index in [9.17, 15) is 14.3 Å². The topological polar surface area (TPSA) is 78.4 Å². The van der Waals surface area contributed by atoms with E-state index in [2.05, 4.69) is 22.2 Å². The van der Waals surface area contributed by atoms with E-state index in [1.54, 1.807) is 13.0 Å². The minimum Gasteiger partial charge on any atom is -0.391 e. The fourth-order valence-electron chi connectivity index (χ4n) is 4.86. The Balaban J connectivity index is 1.57. The van der Waals surface area contributed by atoms with Crippen LogP contribution >= 0.6 is 0 Å². The summed E-state index contributed by atoms with van der Waals surface area (Å²) in [5, 5.41) is 13.3. The van der Waals surface area contributed by atoms with Crippen LogP contribution in [0.15, 0.2) is 30.6 Å². The number of urea groups is 1. The molecule has 7 heteroatoms. The molecule has 1 aromatic carbocycles. The summed E-state index contributed by atoms with van der Waals surface area (Å²) < 4.78 is 13.1. The van der Waals surface area contributed by atoms with Gasteiger partial charge in [-0.3, -0.25) is 0 Å².